The lowest BCUT2D eigenvalue weighted by Crippen LogP contribution is -2.22. The zero-order valence-corrected chi connectivity index (χ0v) is 14.7. The molecule has 1 N–H and O–H groups in total. The van der Waals surface area contributed by atoms with Crippen molar-refractivity contribution in [1.29, 1.82) is 0 Å². The number of nitrogens with one attached hydrogen (secondary N) is 1. The van der Waals surface area contributed by atoms with Crippen LogP contribution in [0.15, 0.2) is 50.7 Å². The minimum atomic E-state index is -0.482. The van der Waals surface area contributed by atoms with E-state index >= 15 is 0 Å². The minimum absolute atomic E-state index is 0.257. The third-order valence-corrected chi connectivity index (χ3v) is 4.47. The Labute approximate surface area is 151 Å². The number of thioether (sulfide) groups is 1. The molecule has 1 unspecified atom stereocenters. The van der Waals surface area contributed by atoms with Gasteiger partial charge in [0.15, 0.2) is 5.76 Å². The predicted octanol–water partition coefficient (Wildman–Crippen LogP) is 4.76. The van der Waals surface area contributed by atoms with Crippen molar-refractivity contribution in [1.82, 2.24) is 10.2 Å². The van der Waals surface area contributed by atoms with Gasteiger partial charge in [-0.3, -0.25) is 4.79 Å². The Kier molecular flexibility index (Phi) is 5.13. The lowest BCUT2D eigenvalue weighted by Gasteiger charge is -2.11. The van der Waals surface area contributed by atoms with Crippen molar-refractivity contribution in [3.8, 4) is 11.7 Å². The van der Waals surface area contributed by atoms with Crippen LogP contribution in [0.2, 0.25) is 10.0 Å². The number of carbonyl (C=O) groups excluding carboxylic acids is 1. The molecule has 3 aromatic rings. The van der Waals surface area contributed by atoms with Crippen LogP contribution in [-0.2, 0) is 4.79 Å². The quantitative estimate of drug-likeness (QED) is 0.639. The number of anilines is 1. The molecule has 2 heterocycles. The van der Waals surface area contributed by atoms with Crippen molar-refractivity contribution >= 4 is 46.6 Å². The van der Waals surface area contributed by atoms with Crippen LogP contribution < -0.4 is 5.32 Å². The molecular weight excluding hydrogens is 373 g/mol. The summed E-state index contributed by atoms with van der Waals surface area (Å²) in [5, 5.41) is 11.2. The number of halogens is 2. The molecule has 0 aliphatic heterocycles. The van der Waals surface area contributed by atoms with E-state index in [4.69, 9.17) is 32.0 Å². The van der Waals surface area contributed by atoms with Crippen molar-refractivity contribution in [3.05, 3.63) is 46.6 Å². The molecule has 6 nitrogen and oxygen atoms in total. The summed E-state index contributed by atoms with van der Waals surface area (Å²) in [6.07, 6.45) is 1.51. The predicted molar refractivity (Wildman–Crippen MR) is 92.4 cm³/mol. The fourth-order valence-corrected chi connectivity index (χ4v) is 2.81. The third-order valence-electron chi connectivity index (χ3n) is 2.97. The Balaban J connectivity index is 1.65. The molecule has 124 valence electrons. The van der Waals surface area contributed by atoms with E-state index in [-0.39, 0.29) is 17.0 Å². The van der Waals surface area contributed by atoms with Gasteiger partial charge in [-0.05, 0) is 37.3 Å². The molecule has 3 rings (SSSR count). The highest BCUT2D eigenvalue weighted by Gasteiger charge is 2.20. The topological polar surface area (TPSA) is 81.2 Å². The number of benzene rings is 1. The number of hydrogen-bond acceptors (Lipinski definition) is 6. The van der Waals surface area contributed by atoms with Crippen LogP contribution in [0.3, 0.4) is 0 Å². The summed E-state index contributed by atoms with van der Waals surface area (Å²) in [5.41, 5.74) is 0.448. The first-order valence-corrected chi connectivity index (χ1v) is 8.46. The van der Waals surface area contributed by atoms with Gasteiger partial charge < -0.3 is 14.2 Å². The standard InChI is InChI=1S/C15H11Cl2N3O3S/c1-8(13(21)18-11-7-9(16)4-5-10(11)17)24-15-20-19-14(23-15)12-3-2-6-22-12/h2-8H,1H3,(H,18,21). The number of furan rings is 1. The Morgan fingerprint density at radius 3 is 2.88 bits per heavy atom. The summed E-state index contributed by atoms with van der Waals surface area (Å²) in [6, 6.07) is 8.27. The summed E-state index contributed by atoms with van der Waals surface area (Å²) < 4.78 is 10.6. The van der Waals surface area contributed by atoms with Gasteiger partial charge in [-0.2, -0.15) is 0 Å². The van der Waals surface area contributed by atoms with Gasteiger partial charge in [0, 0.05) is 5.02 Å². The van der Waals surface area contributed by atoms with E-state index in [2.05, 4.69) is 15.5 Å². The second kappa shape index (κ2) is 7.29. The maximum Gasteiger partial charge on any atom is 0.284 e. The van der Waals surface area contributed by atoms with E-state index in [0.717, 1.165) is 11.8 Å². The highest BCUT2D eigenvalue weighted by molar-refractivity contribution is 8.00. The number of aromatic nitrogens is 2. The average Bonchev–Trinajstić information content (AvgIpc) is 3.21. The molecule has 1 amide bonds. The average molecular weight is 384 g/mol. The Morgan fingerprint density at radius 2 is 2.12 bits per heavy atom. The molecule has 1 atom stereocenters. The molecule has 2 aromatic heterocycles. The molecule has 0 fully saturated rings. The van der Waals surface area contributed by atoms with Gasteiger partial charge in [-0.25, -0.2) is 0 Å². The number of amides is 1. The zero-order valence-electron chi connectivity index (χ0n) is 12.3. The van der Waals surface area contributed by atoms with E-state index < -0.39 is 5.25 Å². The molecule has 0 saturated heterocycles. The Bertz CT molecular complexity index is 852. The van der Waals surface area contributed by atoms with Gasteiger partial charge in [-0.1, -0.05) is 35.0 Å². The van der Waals surface area contributed by atoms with Crippen LogP contribution in [0.25, 0.3) is 11.7 Å². The number of carbonyl (C=O) groups is 1. The van der Waals surface area contributed by atoms with E-state index in [9.17, 15) is 4.79 Å². The van der Waals surface area contributed by atoms with Crippen molar-refractivity contribution in [2.24, 2.45) is 0 Å². The molecule has 0 spiro atoms. The molecule has 0 bridgehead atoms. The van der Waals surface area contributed by atoms with Gasteiger partial charge >= 0.3 is 0 Å². The minimum Gasteiger partial charge on any atom is -0.459 e. The highest BCUT2D eigenvalue weighted by atomic mass is 35.5. The first-order valence-electron chi connectivity index (χ1n) is 6.83. The molecule has 0 aliphatic carbocycles. The second-order valence-electron chi connectivity index (χ2n) is 4.72. The van der Waals surface area contributed by atoms with Gasteiger partial charge in [0.05, 0.1) is 22.2 Å². The van der Waals surface area contributed by atoms with Crippen LogP contribution >= 0.6 is 35.0 Å². The fraction of sp³-hybridized carbons (Fsp3) is 0.133. The smallest absolute Gasteiger partial charge is 0.284 e. The van der Waals surface area contributed by atoms with Crippen LogP contribution in [0.1, 0.15) is 6.92 Å². The summed E-state index contributed by atoms with van der Waals surface area (Å²) in [4.78, 5) is 12.3. The van der Waals surface area contributed by atoms with Crippen molar-refractivity contribution < 1.29 is 13.6 Å². The summed E-state index contributed by atoms with van der Waals surface area (Å²) in [7, 11) is 0. The van der Waals surface area contributed by atoms with Crippen molar-refractivity contribution in [2.75, 3.05) is 5.32 Å². The number of hydrogen-bond donors (Lipinski definition) is 1. The molecular formula is C15H11Cl2N3O3S. The molecule has 0 radical (unpaired) electrons. The molecule has 0 saturated carbocycles. The first-order chi connectivity index (χ1) is 11.5. The van der Waals surface area contributed by atoms with Crippen LogP contribution in [0.4, 0.5) is 5.69 Å². The van der Waals surface area contributed by atoms with Crippen LogP contribution in [0, 0.1) is 0 Å². The zero-order chi connectivity index (χ0) is 17.1. The Morgan fingerprint density at radius 1 is 1.29 bits per heavy atom. The Hall–Kier alpha value is -1.96. The summed E-state index contributed by atoms with van der Waals surface area (Å²) >= 11 is 13.1. The number of rotatable bonds is 5. The summed E-state index contributed by atoms with van der Waals surface area (Å²) in [6.45, 7) is 1.72. The van der Waals surface area contributed by atoms with Gasteiger partial charge in [0.2, 0.25) is 5.91 Å². The van der Waals surface area contributed by atoms with E-state index in [0.29, 0.717) is 21.5 Å². The maximum absolute atomic E-state index is 12.3. The summed E-state index contributed by atoms with van der Waals surface area (Å²) in [5.74, 6) is 0.465. The number of nitrogens with zero attached hydrogens (tertiary/aromatic N) is 2. The molecule has 9 heteroatoms. The van der Waals surface area contributed by atoms with E-state index in [1.54, 1.807) is 37.3 Å². The van der Waals surface area contributed by atoms with Gasteiger partial charge in [0.1, 0.15) is 0 Å². The van der Waals surface area contributed by atoms with Crippen LogP contribution in [0.5, 0.6) is 0 Å². The monoisotopic (exact) mass is 383 g/mol. The molecule has 0 aliphatic rings. The highest BCUT2D eigenvalue weighted by Crippen LogP contribution is 2.29. The fourth-order valence-electron chi connectivity index (χ4n) is 1.79. The molecule has 24 heavy (non-hydrogen) atoms. The molecule has 1 aromatic carbocycles. The van der Waals surface area contributed by atoms with Crippen molar-refractivity contribution in [2.45, 2.75) is 17.4 Å². The normalized spacial score (nSPS) is 12.1. The van der Waals surface area contributed by atoms with Gasteiger partial charge in [-0.15, -0.1) is 10.2 Å². The SMILES string of the molecule is CC(Sc1nnc(-c2ccco2)o1)C(=O)Nc1cc(Cl)ccc1Cl. The lowest BCUT2D eigenvalue weighted by molar-refractivity contribution is -0.115. The van der Waals surface area contributed by atoms with Gasteiger partial charge in [0.25, 0.3) is 11.1 Å². The van der Waals surface area contributed by atoms with Crippen LogP contribution in [-0.4, -0.2) is 21.4 Å². The van der Waals surface area contributed by atoms with E-state index in [1.165, 1.54) is 6.26 Å². The van der Waals surface area contributed by atoms with Crippen molar-refractivity contribution in [3.63, 3.8) is 0 Å². The second-order valence-corrected chi connectivity index (χ2v) is 6.86. The maximum atomic E-state index is 12.3. The largest absolute Gasteiger partial charge is 0.459 e. The lowest BCUT2D eigenvalue weighted by atomic mass is 10.3. The third kappa shape index (κ3) is 3.92. The van der Waals surface area contributed by atoms with E-state index in [1.807, 2.05) is 0 Å². The first kappa shape index (κ1) is 16.9.